The largest absolute Gasteiger partial charge is 0.381 e. The second kappa shape index (κ2) is 16.2. The Balaban J connectivity index is 0.901. The average Bonchev–Trinajstić information content (AvgIpc) is 3.78. The van der Waals surface area contributed by atoms with Crippen LogP contribution in [-0.2, 0) is 14.3 Å². The molecule has 0 radical (unpaired) electrons. The van der Waals surface area contributed by atoms with Gasteiger partial charge in [-0.1, -0.05) is 0 Å². The molecule has 17 nitrogen and oxygen atoms in total. The number of rotatable bonds is 10. The summed E-state index contributed by atoms with van der Waals surface area (Å²) in [6.45, 7) is -6.49. The van der Waals surface area contributed by atoms with Gasteiger partial charge >= 0.3 is 0 Å². The van der Waals surface area contributed by atoms with Crippen LogP contribution in [0.2, 0.25) is 0 Å². The number of fused-ring (bicyclic) bond motifs is 2. The number of aromatic nitrogens is 5. The standard InChI is InChI=1S/C42H52N12O5/c1-26(2)54-34-23-36(45-35-8-13-43-42(46-35)52-16-11-29(59-3)12-17-52)44-24-32(34)38(48-54)51-14-9-27(10-15-51)25-49-18-20-50(21-19-49)28-4-5-30-31(22-28)41(58)53(40(30)57)33-6-7-37(55)47-39(33)56/h4-5,8,13,22-24,26-27,29,33H,6-7,9-12,14-21,25H2,1-3H3,(H,47,55,56)(H,43,44,45,46)/i18D2,19D2,20D2,21D2. The van der Waals surface area contributed by atoms with Gasteiger partial charge in [0.1, 0.15) is 17.7 Å². The number of piperidine rings is 3. The van der Waals surface area contributed by atoms with Gasteiger partial charge in [0.15, 0.2) is 5.82 Å². The van der Waals surface area contributed by atoms with Crippen LogP contribution in [0, 0.1) is 5.92 Å². The third kappa shape index (κ3) is 7.68. The molecule has 4 aromatic rings. The van der Waals surface area contributed by atoms with Crippen molar-refractivity contribution >= 4 is 63.6 Å². The lowest BCUT2D eigenvalue weighted by Crippen LogP contribution is -2.54. The molecule has 0 saturated carbocycles. The zero-order valence-electron chi connectivity index (χ0n) is 41.1. The van der Waals surface area contributed by atoms with Crippen molar-refractivity contribution in [2.45, 2.75) is 70.6 Å². The second-order valence-corrected chi connectivity index (χ2v) is 15.7. The van der Waals surface area contributed by atoms with E-state index in [9.17, 15) is 19.2 Å². The Morgan fingerprint density at radius 1 is 0.864 bits per heavy atom. The molecule has 5 aliphatic rings. The molecule has 8 heterocycles. The molecule has 1 atom stereocenters. The van der Waals surface area contributed by atoms with E-state index in [1.165, 1.54) is 0 Å². The number of nitrogens with one attached hydrogen (secondary N) is 2. The maximum Gasteiger partial charge on any atom is 0.262 e. The minimum absolute atomic E-state index is 0.00909. The highest BCUT2D eigenvalue weighted by molar-refractivity contribution is 6.23. The highest BCUT2D eigenvalue weighted by Gasteiger charge is 2.45. The number of pyridine rings is 1. The lowest BCUT2D eigenvalue weighted by atomic mass is 9.95. The summed E-state index contributed by atoms with van der Waals surface area (Å²) in [5.41, 5.74) is 0.0114. The molecule has 0 spiro atoms. The average molecular weight is 813 g/mol. The number of carbonyl (C=O) groups excluding carboxylic acids is 4. The Labute approximate surface area is 354 Å². The number of nitrogens with zero attached hydrogens (tertiary/aromatic N) is 10. The number of ether oxygens (including phenoxy) is 1. The summed E-state index contributed by atoms with van der Waals surface area (Å²) >= 11 is 0. The van der Waals surface area contributed by atoms with Crippen molar-refractivity contribution in [1.82, 2.24) is 39.8 Å². The number of amides is 4. The van der Waals surface area contributed by atoms with E-state index >= 15 is 0 Å². The minimum atomic E-state index is -3.23. The van der Waals surface area contributed by atoms with Crippen LogP contribution in [0.5, 0.6) is 0 Å². The second-order valence-electron chi connectivity index (χ2n) is 15.7. The van der Waals surface area contributed by atoms with Crippen LogP contribution in [0.15, 0.2) is 42.7 Å². The number of hydrogen-bond acceptors (Lipinski definition) is 14. The van der Waals surface area contributed by atoms with E-state index in [1.807, 2.05) is 24.6 Å². The Hall–Kier alpha value is -5.68. The molecule has 0 bridgehead atoms. The van der Waals surface area contributed by atoms with Crippen LogP contribution in [0.25, 0.3) is 10.9 Å². The van der Waals surface area contributed by atoms with Crippen LogP contribution < -0.4 is 25.3 Å². The number of imide groups is 2. The van der Waals surface area contributed by atoms with E-state index in [0.717, 1.165) is 55.0 Å². The third-order valence-corrected chi connectivity index (χ3v) is 11.6. The zero-order chi connectivity index (χ0) is 48.0. The van der Waals surface area contributed by atoms with Gasteiger partial charge in [-0.15, -0.1) is 0 Å². The fraction of sp³-hybridized carbons (Fsp3) is 0.524. The number of piperazine rings is 1. The molecular formula is C42H52N12O5. The van der Waals surface area contributed by atoms with E-state index in [-0.39, 0.29) is 54.3 Å². The molecule has 4 saturated heterocycles. The summed E-state index contributed by atoms with van der Waals surface area (Å²) in [5.74, 6) is -1.02. The summed E-state index contributed by atoms with van der Waals surface area (Å²) in [6.07, 6.45) is 6.16. The third-order valence-electron chi connectivity index (χ3n) is 11.6. The van der Waals surface area contributed by atoms with Gasteiger partial charge in [-0.25, -0.2) is 9.97 Å². The number of carbonyl (C=O) groups is 4. The molecule has 1 unspecified atom stereocenters. The summed E-state index contributed by atoms with van der Waals surface area (Å²) in [7, 11) is 1.73. The van der Waals surface area contributed by atoms with Crippen LogP contribution >= 0.6 is 0 Å². The number of benzene rings is 1. The monoisotopic (exact) mass is 812 g/mol. The molecule has 4 amide bonds. The summed E-state index contributed by atoms with van der Waals surface area (Å²) in [6, 6.07) is 5.72. The Kier molecular flexibility index (Phi) is 8.32. The Morgan fingerprint density at radius 2 is 1.61 bits per heavy atom. The fourth-order valence-corrected chi connectivity index (χ4v) is 8.39. The maximum atomic E-state index is 13.6. The molecule has 2 N–H and O–H groups in total. The van der Waals surface area contributed by atoms with Crippen molar-refractivity contribution in [3.63, 3.8) is 0 Å². The van der Waals surface area contributed by atoms with E-state index in [4.69, 9.17) is 30.8 Å². The van der Waals surface area contributed by atoms with E-state index < -0.39 is 55.7 Å². The molecule has 310 valence electrons. The van der Waals surface area contributed by atoms with Crippen molar-refractivity contribution in [2.75, 3.05) is 85.8 Å². The maximum absolute atomic E-state index is 13.6. The SMILES string of the molecule is [2H]C1([2H])N(CC2CCN(c3nn(C(C)C)c4cc(Nc5ccnc(N6CCC(OC)CC6)n5)ncc34)CC2)C([2H])([2H])C([2H])([2H])N(c2ccc3c(c2)C(=O)N(C2CCC(=O)NC2=O)C3=O)C1([2H])[2H]. The Morgan fingerprint density at radius 3 is 2.34 bits per heavy atom. The number of hydrogen-bond donors (Lipinski definition) is 2. The van der Waals surface area contributed by atoms with Gasteiger partial charge in [-0.2, -0.15) is 10.1 Å². The van der Waals surface area contributed by atoms with Crippen molar-refractivity contribution < 1.29 is 34.9 Å². The molecule has 1 aromatic carbocycles. The van der Waals surface area contributed by atoms with Gasteiger partial charge in [0.25, 0.3) is 11.8 Å². The van der Waals surface area contributed by atoms with E-state index in [1.54, 1.807) is 25.6 Å². The predicted octanol–water partition coefficient (Wildman–Crippen LogP) is 3.60. The first-order chi connectivity index (χ1) is 31.6. The Bertz CT molecular complexity index is 2610. The van der Waals surface area contributed by atoms with Gasteiger partial charge < -0.3 is 24.8 Å². The first kappa shape index (κ1) is 30.4. The van der Waals surface area contributed by atoms with Crippen LogP contribution in [0.3, 0.4) is 0 Å². The van der Waals surface area contributed by atoms with Gasteiger partial charge in [-0.3, -0.25) is 39.0 Å². The van der Waals surface area contributed by atoms with Crippen molar-refractivity contribution in [1.29, 1.82) is 0 Å². The molecule has 5 aliphatic heterocycles. The first-order valence-electron chi connectivity index (χ1n) is 24.1. The highest BCUT2D eigenvalue weighted by atomic mass is 16.5. The fourth-order valence-electron chi connectivity index (χ4n) is 8.39. The molecule has 59 heavy (non-hydrogen) atoms. The highest BCUT2D eigenvalue weighted by Crippen LogP contribution is 2.34. The van der Waals surface area contributed by atoms with E-state index in [0.29, 0.717) is 64.0 Å². The summed E-state index contributed by atoms with van der Waals surface area (Å²) < 4.78 is 80.4. The van der Waals surface area contributed by atoms with Crippen molar-refractivity contribution in [2.24, 2.45) is 5.92 Å². The summed E-state index contributed by atoms with van der Waals surface area (Å²) in [4.78, 5) is 71.2. The number of anilines is 5. The quantitative estimate of drug-likeness (QED) is 0.222. The van der Waals surface area contributed by atoms with Gasteiger partial charge in [0, 0.05) is 108 Å². The first-order valence-corrected chi connectivity index (χ1v) is 20.1. The lowest BCUT2D eigenvalue weighted by molar-refractivity contribution is -0.136. The zero-order valence-corrected chi connectivity index (χ0v) is 33.1. The van der Waals surface area contributed by atoms with Gasteiger partial charge in [0.05, 0.1) is 33.6 Å². The van der Waals surface area contributed by atoms with Crippen LogP contribution in [0.1, 0.15) is 90.1 Å². The topological polar surface area (TPSA) is 174 Å². The molecular weight excluding hydrogens is 753 g/mol. The molecule has 17 heteroatoms. The van der Waals surface area contributed by atoms with Crippen molar-refractivity contribution in [3.8, 4) is 0 Å². The number of methoxy groups -OCH3 is 1. The molecule has 3 aromatic heterocycles. The smallest absolute Gasteiger partial charge is 0.262 e. The molecule has 4 fully saturated rings. The van der Waals surface area contributed by atoms with Gasteiger partial charge in [-0.05, 0) is 76.1 Å². The summed E-state index contributed by atoms with van der Waals surface area (Å²) in [5, 5.41) is 11.2. The lowest BCUT2D eigenvalue weighted by Gasteiger charge is -2.39. The minimum Gasteiger partial charge on any atom is -0.381 e. The molecule has 9 rings (SSSR count). The molecule has 0 aliphatic carbocycles. The van der Waals surface area contributed by atoms with Crippen molar-refractivity contribution in [3.05, 3.63) is 53.9 Å². The van der Waals surface area contributed by atoms with Crippen LogP contribution in [0.4, 0.5) is 29.1 Å². The van der Waals surface area contributed by atoms with E-state index in [2.05, 4.69) is 25.4 Å². The predicted molar refractivity (Wildman–Crippen MR) is 222 cm³/mol. The normalized spacial score (nSPS) is 26.7. The van der Waals surface area contributed by atoms with Gasteiger partial charge in [0.2, 0.25) is 17.8 Å². The van der Waals surface area contributed by atoms with Crippen LogP contribution in [-0.4, -0.2) is 136 Å².